The Morgan fingerprint density at radius 1 is 1.57 bits per heavy atom. The molecule has 1 aromatic rings. The molecule has 0 bridgehead atoms. The minimum absolute atomic E-state index is 0.251. The van der Waals surface area contributed by atoms with E-state index < -0.39 is 0 Å². The SMILES string of the molecule is CCn1ncnc1C1(CCN)CCC1. The summed E-state index contributed by atoms with van der Waals surface area (Å²) in [7, 11) is 0. The first-order valence-electron chi connectivity index (χ1n) is 5.41. The summed E-state index contributed by atoms with van der Waals surface area (Å²) in [6.07, 6.45) is 6.46. The first-order valence-corrected chi connectivity index (χ1v) is 5.41. The predicted molar refractivity (Wildman–Crippen MR) is 54.9 cm³/mol. The molecule has 0 aliphatic heterocycles. The number of nitrogens with two attached hydrogens (primary N) is 1. The molecule has 1 aromatic heterocycles. The number of nitrogens with zero attached hydrogens (tertiary/aromatic N) is 3. The van der Waals surface area contributed by atoms with Gasteiger partial charge in [0.15, 0.2) is 0 Å². The summed E-state index contributed by atoms with van der Waals surface area (Å²) in [5.41, 5.74) is 5.92. The molecule has 2 N–H and O–H groups in total. The number of hydrogen-bond donors (Lipinski definition) is 1. The van der Waals surface area contributed by atoms with Crippen molar-refractivity contribution in [3.8, 4) is 0 Å². The van der Waals surface area contributed by atoms with Gasteiger partial charge in [0.25, 0.3) is 0 Å². The number of rotatable bonds is 4. The van der Waals surface area contributed by atoms with Gasteiger partial charge in [-0.3, -0.25) is 0 Å². The zero-order chi connectivity index (χ0) is 10.0. The zero-order valence-corrected chi connectivity index (χ0v) is 8.74. The summed E-state index contributed by atoms with van der Waals surface area (Å²) < 4.78 is 2.01. The van der Waals surface area contributed by atoms with Crippen molar-refractivity contribution < 1.29 is 0 Å². The van der Waals surface area contributed by atoms with Crippen LogP contribution in [0.25, 0.3) is 0 Å². The monoisotopic (exact) mass is 194 g/mol. The van der Waals surface area contributed by atoms with E-state index >= 15 is 0 Å². The highest BCUT2D eigenvalue weighted by Crippen LogP contribution is 2.45. The number of aryl methyl sites for hydroxylation is 1. The van der Waals surface area contributed by atoms with Crippen LogP contribution in [0.3, 0.4) is 0 Å². The third-order valence-electron chi connectivity index (χ3n) is 3.32. The van der Waals surface area contributed by atoms with E-state index in [9.17, 15) is 0 Å². The topological polar surface area (TPSA) is 56.7 Å². The third kappa shape index (κ3) is 1.34. The van der Waals surface area contributed by atoms with Crippen LogP contribution in [-0.2, 0) is 12.0 Å². The quantitative estimate of drug-likeness (QED) is 0.780. The van der Waals surface area contributed by atoms with Crippen LogP contribution >= 0.6 is 0 Å². The Kier molecular flexibility index (Phi) is 2.54. The minimum Gasteiger partial charge on any atom is -0.330 e. The van der Waals surface area contributed by atoms with Gasteiger partial charge in [0.05, 0.1) is 0 Å². The second-order valence-corrected chi connectivity index (χ2v) is 4.07. The van der Waals surface area contributed by atoms with E-state index in [1.807, 2.05) is 4.68 Å². The third-order valence-corrected chi connectivity index (χ3v) is 3.32. The first-order chi connectivity index (χ1) is 6.82. The Morgan fingerprint density at radius 2 is 2.36 bits per heavy atom. The minimum atomic E-state index is 0.251. The van der Waals surface area contributed by atoms with E-state index in [0.29, 0.717) is 0 Å². The Balaban J connectivity index is 2.26. The van der Waals surface area contributed by atoms with Crippen molar-refractivity contribution in [1.82, 2.24) is 14.8 Å². The second kappa shape index (κ2) is 3.69. The second-order valence-electron chi connectivity index (χ2n) is 4.07. The lowest BCUT2D eigenvalue weighted by atomic mass is 9.66. The number of aromatic nitrogens is 3. The van der Waals surface area contributed by atoms with Crippen molar-refractivity contribution in [2.45, 2.75) is 44.6 Å². The smallest absolute Gasteiger partial charge is 0.138 e. The molecule has 1 fully saturated rings. The van der Waals surface area contributed by atoms with E-state index in [0.717, 1.165) is 25.3 Å². The summed E-state index contributed by atoms with van der Waals surface area (Å²) in [4.78, 5) is 4.40. The number of hydrogen-bond acceptors (Lipinski definition) is 3. The van der Waals surface area contributed by atoms with Crippen LogP contribution in [0.15, 0.2) is 6.33 Å². The van der Waals surface area contributed by atoms with Crippen LogP contribution in [0.2, 0.25) is 0 Å². The Morgan fingerprint density at radius 3 is 2.86 bits per heavy atom. The van der Waals surface area contributed by atoms with Gasteiger partial charge < -0.3 is 5.73 Å². The van der Waals surface area contributed by atoms with Gasteiger partial charge in [0.2, 0.25) is 0 Å². The van der Waals surface area contributed by atoms with E-state index in [4.69, 9.17) is 5.73 Å². The molecule has 1 heterocycles. The van der Waals surface area contributed by atoms with Crippen LogP contribution in [0, 0.1) is 0 Å². The van der Waals surface area contributed by atoms with Crippen LogP contribution in [0.5, 0.6) is 0 Å². The van der Waals surface area contributed by atoms with Crippen molar-refractivity contribution in [3.63, 3.8) is 0 Å². The summed E-state index contributed by atoms with van der Waals surface area (Å²) in [5.74, 6) is 1.15. The zero-order valence-electron chi connectivity index (χ0n) is 8.74. The molecule has 1 saturated carbocycles. The van der Waals surface area contributed by atoms with E-state index in [-0.39, 0.29) is 5.41 Å². The maximum absolute atomic E-state index is 5.66. The molecule has 0 spiro atoms. The molecule has 0 radical (unpaired) electrons. The molecule has 4 heteroatoms. The molecule has 1 aliphatic rings. The normalized spacial score (nSPS) is 19.3. The summed E-state index contributed by atoms with van der Waals surface area (Å²) in [6.45, 7) is 3.76. The van der Waals surface area contributed by atoms with Gasteiger partial charge in [0, 0.05) is 12.0 Å². The molecule has 14 heavy (non-hydrogen) atoms. The average Bonchev–Trinajstić information content (AvgIpc) is 2.59. The highest BCUT2D eigenvalue weighted by molar-refractivity contribution is 5.13. The van der Waals surface area contributed by atoms with Crippen molar-refractivity contribution in [2.75, 3.05) is 6.54 Å². The molecular formula is C10H18N4. The highest BCUT2D eigenvalue weighted by Gasteiger charge is 2.41. The lowest BCUT2D eigenvalue weighted by molar-refractivity contribution is 0.205. The molecule has 0 aromatic carbocycles. The summed E-state index contributed by atoms with van der Waals surface area (Å²) in [5, 5.41) is 4.23. The molecule has 0 unspecified atom stereocenters. The first kappa shape index (κ1) is 9.65. The lowest BCUT2D eigenvalue weighted by Gasteiger charge is -2.40. The summed E-state index contributed by atoms with van der Waals surface area (Å²) >= 11 is 0. The van der Waals surface area contributed by atoms with Crippen LogP contribution in [0.4, 0.5) is 0 Å². The van der Waals surface area contributed by atoms with E-state index in [1.54, 1.807) is 6.33 Å². The molecule has 2 rings (SSSR count). The van der Waals surface area contributed by atoms with Gasteiger partial charge in [-0.25, -0.2) is 9.67 Å². The average molecular weight is 194 g/mol. The fourth-order valence-corrected chi connectivity index (χ4v) is 2.37. The largest absolute Gasteiger partial charge is 0.330 e. The van der Waals surface area contributed by atoms with Crippen LogP contribution in [-0.4, -0.2) is 21.3 Å². The van der Waals surface area contributed by atoms with Crippen LogP contribution in [0.1, 0.15) is 38.4 Å². The van der Waals surface area contributed by atoms with Gasteiger partial charge >= 0.3 is 0 Å². The standard InChI is InChI=1S/C10H18N4/c1-2-14-9(12-8-13-14)10(6-7-11)4-3-5-10/h8H,2-7,11H2,1H3. The van der Waals surface area contributed by atoms with Crippen molar-refractivity contribution in [1.29, 1.82) is 0 Å². The molecule has 1 aliphatic carbocycles. The van der Waals surface area contributed by atoms with Gasteiger partial charge in [-0.05, 0) is 32.7 Å². The van der Waals surface area contributed by atoms with E-state index in [1.165, 1.54) is 19.3 Å². The van der Waals surface area contributed by atoms with Gasteiger partial charge in [0.1, 0.15) is 12.2 Å². The Hall–Kier alpha value is -0.900. The molecule has 4 nitrogen and oxygen atoms in total. The van der Waals surface area contributed by atoms with Crippen molar-refractivity contribution >= 4 is 0 Å². The molecule has 0 atom stereocenters. The Bertz CT molecular complexity index is 301. The van der Waals surface area contributed by atoms with Gasteiger partial charge in [-0.15, -0.1) is 0 Å². The lowest BCUT2D eigenvalue weighted by Crippen LogP contribution is -2.39. The maximum Gasteiger partial charge on any atom is 0.138 e. The predicted octanol–water partition coefficient (Wildman–Crippen LogP) is 1.07. The highest BCUT2D eigenvalue weighted by atomic mass is 15.3. The maximum atomic E-state index is 5.66. The molecule has 0 saturated heterocycles. The summed E-state index contributed by atoms with van der Waals surface area (Å²) in [6, 6.07) is 0. The van der Waals surface area contributed by atoms with Crippen LogP contribution < -0.4 is 5.73 Å². The fraction of sp³-hybridized carbons (Fsp3) is 0.800. The molecule has 0 amide bonds. The molecule has 78 valence electrons. The Labute approximate surface area is 84.5 Å². The molecular weight excluding hydrogens is 176 g/mol. The van der Waals surface area contributed by atoms with E-state index in [2.05, 4.69) is 17.0 Å². The van der Waals surface area contributed by atoms with Crippen molar-refractivity contribution in [3.05, 3.63) is 12.2 Å². The van der Waals surface area contributed by atoms with Crippen molar-refractivity contribution in [2.24, 2.45) is 5.73 Å². The van der Waals surface area contributed by atoms with Gasteiger partial charge in [-0.1, -0.05) is 6.42 Å². The van der Waals surface area contributed by atoms with Gasteiger partial charge in [-0.2, -0.15) is 5.10 Å². The fourth-order valence-electron chi connectivity index (χ4n) is 2.37.